The summed E-state index contributed by atoms with van der Waals surface area (Å²) in [4.78, 5) is 0. The van der Waals surface area contributed by atoms with Gasteiger partial charge in [-0.05, 0) is 141 Å². The largest absolute Gasteiger partial charge is 0.312 e. The van der Waals surface area contributed by atoms with E-state index < -0.39 is 0 Å². The van der Waals surface area contributed by atoms with Gasteiger partial charge in [0, 0.05) is 42.5 Å². The standard InChI is InChI=1S/C52H62Br2N2/c1-3-5-7-9-11-13-17-37-23-33-49-45(35-37)43-19-15-21-47(53)51(43)55(49)41-29-25-39(26-30-41)40-27-31-42(32-28-40)56-50-34-24-38(18-14-12-10-8-6-4-2)36-46(50)44-20-16-22-48(54)52(44)56/h15-16,19-22,25-32,37-38H,3-14,17-18,23-24,33-36H2,1-2H3. The molecule has 0 radical (unpaired) electrons. The molecule has 0 spiro atoms. The van der Waals surface area contributed by atoms with Crippen LogP contribution in [0.15, 0.2) is 93.9 Å². The molecule has 8 rings (SSSR count). The van der Waals surface area contributed by atoms with Gasteiger partial charge in [0.2, 0.25) is 0 Å². The number of benzene rings is 4. The smallest absolute Gasteiger partial charge is 0.0676 e. The number of nitrogens with zero attached hydrogens (tertiary/aromatic N) is 2. The summed E-state index contributed by atoms with van der Waals surface area (Å²) >= 11 is 7.94. The Kier molecular flexibility index (Phi) is 13.2. The van der Waals surface area contributed by atoms with Gasteiger partial charge in [-0.1, -0.05) is 152 Å². The van der Waals surface area contributed by atoms with Gasteiger partial charge in [0.25, 0.3) is 0 Å². The number of hydrogen-bond acceptors (Lipinski definition) is 0. The number of aromatic nitrogens is 2. The maximum atomic E-state index is 3.97. The van der Waals surface area contributed by atoms with E-state index in [0.717, 1.165) is 24.7 Å². The van der Waals surface area contributed by atoms with Crippen LogP contribution in [0.1, 0.15) is 139 Å². The van der Waals surface area contributed by atoms with Crippen molar-refractivity contribution < 1.29 is 0 Å². The summed E-state index contributed by atoms with van der Waals surface area (Å²) in [5, 5.41) is 2.86. The molecule has 0 amide bonds. The maximum absolute atomic E-state index is 3.97. The van der Waals surface area contributed by atoms with Crippen molar-refractivity contribution in [2.45, 2.75) is 142 Å². The van der Waals surface area contributed by atoms with Crippen molar-refractivity contribution in [2.75, 3.05) is 0 Å². The van der Waals surface area contributed by atoms with E-state index in [1.807, 2.05) is 0 Å². The first-order chi connectivity index (χ1) is 27.6. The Morgan fingerprint density at radius 3 is 1.29 bits per heavy atom. The van der Waals surface area contributed by atoms with E-state index in [9.17, 15) is 0 Å². The van der Waals surface area contributed by atoms with Crippen molar-refractivity contribution in [3.63, 3.8) is 0 Å². The van der Waals surface area contributed by atoms with E-state index in [2.05, 4.69) is 140 Å². The fourth-order valence-electron chi connectivity index (χ4n) is 10.4. The van der Waals surface area contributed by atoms with Crippen molar-refractivity contribution in [3.05, 3.63) is 116 Å². The second kappa shape index (κ2) is 18.7. The molecule has 0 bridgehead atoms. The summed E-state index contributed by atoms with van der Waals surface area (Å²) in [6, 6.07) is 32.3. The highest BCUT2D eigenvalue weighted by Crippen LogP contribution is 2.42. The van der Waals surface area contributed by atoms with Crippen molar-refractivity contribution in [1.82, 2.24) is 9.13 Å². The lowest BCUT2D eigenvalue weighted by atomic mass is 9.83. The Hall–Kier alpha value is -3.08. The Morgan fingerprint density at radius 2 is 0.875 bits per heavy atom. The highest BCUT2D eigenvalue weighted by Gasteiger charge is 2.28. The number of hydrogen-bond donors (Lipinski definition) is 0. The zero-order valence-electron chi connectivity index (χ0n) is 34.0. The van der Waals surface area contributed by atoms with E-state index in [-0.39, 0.29) is 0 Å². The lowest BCUT2D eigenvalue weighted by Crippen LogP contribution is -2.16. The first-order valence-corrected chi connectivity index (χ1v) is 24.0. The van der Waals surface area contributed by atoms with Crippen LogP contribution in [0, 0.1) is 11.8 Å². The summed E-state index contributed by atoms with van der Waals surface area (Å²) in [6.07, 6.45) is 26.7. The van der Waals surface area contributed by atoms with Crippen LogP contribution < -0.4 is 0 Å². The van der Waals surface area contributed by atoms with Crippen LogP contribution in [0.2, 0.25) is 0 Å². The number of para-hydroxylation sites is 2. The van der Waals surface area contributed by atoms with E-state index in [1.54, 1.807) is 11.1 Å². The molecule has 294 valence electrons. The second-order valence-electron chi connectivity index (χ2n) is 17.2. The Balaban J connectivity index is 1.01. The maximum Gasteiger partial charge on any atom is 0.0676 e. The van der Waals surface area contributed by atoms with Gasteiger partial charge in [0.05, 0.1) is 11.0 Å². The Labute approximate surface area is 353 Å². The van der Waals surface area contributed by atoms with Crippen LogP contribution in [0.5, 0.6) is 0 Å². The summed E-state index contributed by atoms with van der Waals surface area (Å²) < 4.78 is 7.52. The van der Waals surface area contributed by atoms with Gasteiger partial charge < -0.3 is 9.13 Å². The molecule has 6 aromatic rings. The second-order valence-corrected chi connectivity index (χ2v) is 18.9. The third kappa shape index (κ3) is 8.40. The van der Waals surface area contributed by atoms with Gasteiger partial charge in [0.15, 0.2) is 0 Å². The molecule has 2 heterocycles. The predicted molar refractivity (Wildman–Crippen MR) is 248 cm³/mol. The van der Waals surface area contributed by atoms with Crippen LogP contribution in [-0.4, -0.2) is 9.13 Å². The van der Waals surface area contributed by atoms with Crippen LogP contribution >= 0.6 is 31.9 Å². The molecule has 2 aliphatic rings. The third-order valence-electron chi connectivity index (χ3n) is 13.4. The minimum Gasteiger partial charge on any atom is -0.312 e. The molecule has 2 aromatic heterocycles. The van der Waals surface area contributed by atoms with Crippen molar-refractivity contribution in [2.24, 2.45) is 11.8 Å². The first kappa shape index (κ1) is 39.7. The Morgan fingerprint density at radius 1 is 0.482 bits per heavy atom. The predicted octanol–water partition coefficient (Wildman–Crippen LogP) is 16.5. The SMILES string of the molecule is CCCCCCCCC1CCc2c(c3cccc(Br)c3n2-c2ccc(-c3ccc(-n4c5c(c6cccc(Br)c64)CC(CCCCCCCC)CC5)cc3)cc2)C1. The summed E-state index contributed by atoms with van der Waals surface area (Å²) in [5.74, 6) is 1.61. The molecular formula is C52H62Br2N2. The fourth-order valence-corrected chi connectivity index (χ4v) is 11.4. The number of halogens is 2. The zero-order valence-corrected chi connectivity index (χ0v) is 37.2. The zero-order chi connectivity index (χ0) is 38.4. The normalized spacial score (nSPS) is 16.8. The van der Waals surface area contributed by atoms with Gasteiger partial charge in [0.1, 0.15) is 0 Å². The van der Waals surface area contributed by atoms with Crippen LogP contribution in [0.4, 0.5) is 0 Å². The number of fused-ring (bicyclic) bond motifs is 6. The van der Waals surface area contributed by atoms with Gasteiger partial charge in [-0.15, -0.1) is 0 Å². The van der Waals surface area contributed by atoms with Crippen molar-refractivity contribution in [3.8, 4) is 22.5 Å². The van der Waals surface area contributed by atoms with E-state index >= 15 is 0 Å². The highest BCUT2D eigenvalue weighted by molar-refractivity contribution is 9.11. The topological polar surface area (TPSA) is 9.86 Å². The van der Waals surface area contributed by atoms with Crippen molar-refractivity contribution >= 4 is 53.7 Å². The third-order valence-corrected chi connectivity index (χ3v) is 14.7. The average Bonchev–Trinajstić information content (AvgIpc) is 3.74. The molecule has 0 saturated heterocycles. The molecule has 0 fully saturated rings. The van der Waals surface area contributed by atoms with Crippen LogP contribution in [0.3, 0.4) is 0 Å². The molecule has 0 saturated carbocycles. The minimum absolute atomic E-state index is 0.806. The molecule has 0 aliphatic heterocycles. The fraction of sp³-hybridized carbons (Fsp3) is 0.462. The molecule has 2 nitrogen and oxygen atoms in total. The quantitative estimate of drug-likeness (QED) is 0.0808. The average molecular weight is 875 g/mol. The molecule has 2 aliphatic carbocycles. The van der Waals surface area contributed by atoms with Gasteiger partial charge in [-0.2, -0.15) is 0 Å². The molecule has 2 unspecified atom stereocenters. The Bertz CT molecular complexity index is 2060. The monoisotopic (exact) mass is 872 g/mol. The number of rotatable bonds is 17. The van der Waals surface area contributed by atoms with Gasteiger partial charge >= 0.3 is 0 Å². The lowest BCUT2D eigenvalue weighted by molar-refractivity contribution is 0.402. The minimum atomic E-state index is 0.806. The first-order valence-electron chi connectivity index (χ1n) is 22.4. The molecule has 4 heteroatoms. The molecule has 2 atom stereocenters. The number of unbranched alkanes of at least 4 members (excludes halogenated alkanes) is 10. The van der Waals surface area contributed by atoms with Crippen molar-refractivity contribution in [1.29, 1.82) is 0 Å². The highest BCUT2D eigenvalue weighted by atomic mass is 79.9. The molecule has 0 N–H and O–H groups in total. The molecule has 56 heavy (non-hydrogen) atoms. The molecular weight excluding hydrogens is 812 g/mol. The van der Waals surface area contributed by atoms with E-state index in [4.69, 9.17) is 0 Å². The summed E-state index contributed by atoms with van der Waals surface area (Å²) in [7, 11) is 0. The lowest BCUT2D eigenvalue weighted by Gasteiger charge is -2.24. The van der Waals surface area contributed by atoms with Gasteiger partial charge in [-0.25, -0.2) is 0 Å². The van der Waals surface area contributed by atoms with Crippen LogP contribution in [0.25, 0.3) is 44.3 Å². The summed E-state index contributed by atoms with van der Waals surface area (Å²) in [5.41, 5.74) is 13.9. The van der Waals surface area contributed by atoms with Crippen LogP contribution in [-0.2, 0) is 25.7 Å². The van der Waals surface area contributed by atoms with Gasteiger partial charge in [-0.3, -0.25) is 0 Å². The summed E-state index contributed by atoms with van der Waals surface area (Å²) in [6.45, 7) is 4.62. The van der Waals surface area contributed by atoms with E-state index in [1.165, 1.54) is 180 Å². The molecule has 4 aromatic carbocycles. The van der Waals surface area contributed by atoms with E-state index in [0.29, 0.717) is 0 Å².